The minimum atomic E-state index is 1.14. The monoisotopic (exact) mass is 299 g/mol. The molecular weight excluding hydrogens is 287 g/mol. The SMILES string of the molecule is CCC=CC1=CC[C]([Hf])=C1. The molecule has 0 fully saturated rings. The third kappa shape index (κ3) is 2.37. The first kappa shape index (κ1) is 8.19. The van der Waals surface area contributed by atoms with Gasteiger partial charge in [0, 0.05) is 0 Å². The van der Waals surface area contributed by atoms with Crippen LogP contribution in [0.1, 0.15) is 19.8 Å². The van der Waals surface area contributed by atoms with E-state index in [0.717, 1.165) is 6.42 Å². The second kappa shape index (κ2) is 4.07. The molecule has 0 aromatic carbocycles. The van der Waals surface area contributed by atoms with Gasteiger partial charge >= 0.3 is 77.3 Å². The Morgan fingerprint density at radius 3 is 3.00 bits per heavy atom. The third-order valence-electron chi connectivity index (χ3n) is 1.44. The molecular formula is C9H11Hf. The van der Waals surface area contributed by atoms with Crippen molar-refractivity contribution in [1.29, 1.82) is 0 Å². The van der Waals surface area contributed by atoms with Crippen LogP contribution in [-0.4, -0.2) is 0 Å². The van der Waals surface area contributed by atoms with E-state index in [4.69, 9.17) is 0 Å². The van der Waals surface area contributed by atoms with Crippen LogP contribution in [0.4, 0.5) is 0 Å². The third-order valence-corrected chi connectivity index (χ3v) is 2.70. The molecule has 0 bridgehead atoms. The molecule has 0 atom stereocenters. The van der Waals surface area contributed by atoms with Crippen molar-refractivity contribution < 1.29 is 24.4 Å². The normalized spacial score (nSPS) is 17.6. The first-order chi connectivity index (χ1) is 4.83. The van der Waals surface area contributed by atoms with Gasteiger partial charge in [0.25, 0.3) is 0 Å². The fraction of sp³-hybridized carbons (Fsp3) is 0.333. The molecule has 0 unspecified atom stereocenters. The predicted octanol–water partition coefficient (Wildman–Crippen LogP) is 2.71. The summed E-state index contributed by atoms with van der Waals surface area (Å²) in [5, 5.41) is 0. The molecule has 0 aromatic rings. The molecule has 1 heteroatoms. The van der Waals surface area contributed by atoms with Gasteiger partial charge in [-0.05, 0) is 0 Å². The van der Waals surface area contributed by atoms with Crippen molar-refractivity contribution >= 4 is 0 Å². The Bertz CT molecular complexity index is 197. The molecule has 0 amide bonds. The second-order valence-corrected chi connectivity index (χ2v) is 4.70. The molecule has 0 nitrogen and oxygen atoms in total. The van der Waals surface area contributed by atoms with Gasteiger partial charge in [0.1, 0.15) is 0 Å². The zero-order valence-corrected chi connectivity index (χ0v) is 9.82. The molecule has 0 saturated heterocycles. The quantitative estimate of drug-likeness (QED) is 0.688. The average Bonchev–Trinajstić information content (AvgIpc) is 2.31. The number of hydrogen-bond acceptors (Lipinski definition) is 0. The molecule has 1 aliphatic rings. The van der Waals surface area contributed by atoms with E-state index in [-0.39, 0.29) is 0 Å². The van der Waals surface area contributed by atoms with Crippen LogP contribution in [0.25, 0.3) is 0 Å². The summed E-state index contributed by atoms with van der Waals surface area (Å²) in [6.45, 7) is 2.16. The van der Waals surface area contributed by atoms with Gasteiger partial charge in [0.15, 0.2) is 0 Å². The van der Waals surface area contributed by atoms with Crippen molar-refractivity contribution in [1.82, 2.24) is 0 Å². The zero-order valence-electron chi connectivity index (χ0n) is 6.22. The fourth-order valence-electron chi connectivity index (χ4n) is 0.917. The van der Waals surface area contributed by atoms with Crippen molar-refractivity contribution in [3.63, 3.8) is 0 Å². The summed E-state index contributed by atoms with van der Waals surface area (Å²) in [5.41, 5.74) is 1.41. The van der Waals surface area contributed by atoms with E-state index in [1.807, 2.05) is 0 Å². The topological polar surface area (TPSA) is 0 Å². The van der Waals surface area contributed by atoms with E-state index < -0.39 is 0 Å². The van der Waals surface area contributed by atoms with Crippen molar-refractivity contribution in [2.45, 2.75) is 19.8 Å². The molecule has 1 aliphatic carbocycles. The molecule has 0 aliphatic heterocycles. The maximum absolute atomic E-state index is 2.30. The number of rotatable bonds is 2. The summed E-state index contributed by atoms with van der Waals surface area (Å²) in [6, 6.07) is 0. The van der Waals surface area contributed by atoms with E-state index in [9.17, 15) is 0 Å². The van der Waals surface area contributed by atoms with Crippen LogP contribution >= 0.6 is 0 Å². The minimum absolute atomic E-state index is 1.14. The van der Waals surface area contributed by atoms with Crippen LogP contribution in [0.5, 0.6) is 0 Å². The van der Waals surface area contributed by atoms with Crippen LogP contribution in [-0.2, 0) is 24.4 Å². The molecule has 1 rings (SSSR count). The van der Waals surface area contributed by atoms with Crippen LogP contribution in [0.2, 0.25) is 0 Å². The molecule has 0 spiro atoms. The van der Waals surface area contributed by atoms with E-state index in [1.165, 1.54) is 36.4 Å². The van der Waals surface area contributed by atoms with Gasteiger partial charge < -0.3 is 0 Å². The van der Waals surface area contributed by atoms with Gasteiger partial charge in [-0.15, -0.1) is 0 Å². The molecule has 10 heavy (non-hydrogen) atoms. The Morgan fingerprint density at radius 1 is 1.70 bits per heavy atom. The van der Waals surface area contributed by atoms with E-state index in [0.29, 0.717) is 0 Å². The van der Waals surface area contributed by atoms with Crippen molar-refractivity contribution in [2.75, 3.05) is 0 Å². The molecule has 0 heterocycles. The van der Waals surface area contributed by atoms with Crippen LogP contribution in [0.3, 0.4) is 0 Å². The standard InChI is InChI=1S/C9H11.Hf/c1-2-3-6-9-7-4-5-8-9;/h3,6-8H,2,4H2,1H3;. The maximum atomic E-state index is 2.30. The Morgan fingerprint density at radius 2 is 2.50 bits per heavy atom. The van der Waals surface area contributed by atoms with Crippen LogP contribution in [0.15, 0.2) is 33.2 Å². The van der Waals surface area contributed by atoms with E-state index in [1.54, 1.807) is 3.33 Å². The van der Waals surface area contributed by atoms with Gasteiger partial charge in [-0.1, -0.05) is 0 Å². The summed E-state index contributed by atoms with van der Waals surface area (Å²) < 4.78 is 1.61. The van der Waals surface area contributed by atoms with Crippen molar-refractivity contribution in [3.8, 4) is 0 Å². The first-order valence-corrected chi connectivity index (χ1v) is 5.41. The van der Waals surface area contributed by atoms with Gasteiger partial charge in [-0.25, -0.2) is 0 Å². The number of hydrogen-bond donors (Lipinski definition) is 0. The average molecular weight is 298 g/mol. The summed E-state index contributed by atoms with van der Waals surface area (Å²) in [7, 11) is 0. The van der Waals surface area contributed by atoms with Crippen LogP contribution < -0.4 is 0 Å². The Labute approximate surface area is 77.3 Å². The van der Waals surface area contributed by atoms with Crippen molar-refractivity contribution in [3.05, 3.63) is 33.2 Å². The summed E-state index contributed by atoms with van der Waals surface area (Å²) in [6.07, 6.45) is 11.4. The molecule has 0 radical (unpaired) electrons. The van der Waals surface area contributed by atoms with E-state index >= 15 is 0 Å². The predicted molar refractivity (Wildman–Crippen MR) is 40.2 cm³/mol. The first-order valence-electron chi connectivity index (χ1n) is 3.62. The second-order valence-electron chi connectivity index (χ2n) is 2.39. The Hall–Kier alpha value is 0.0901. The Kier molecular flexibility index (Phi) is 3.33. The van der Waals surface area contributed by atoms with E-state index in [2.05, 4.69) is 31.2 Å². The Balaban J connectivity index is 2.51. The number of allylic oxidation sites excluding steroid dienone is 6. The fourth-order valence-corrected chi connectivity index (χ4v) is 1.88. The molecule has 0 saturated carbocycles. The van der Waals surface area contributed by atoms with Gasteiger partial charge in [0.2, 0.25) is 0 Å². The molecule has 0 N–H and O–H groups in total. The molecule has 51 valence electrons. The van der Waals surface area contributed by atoms with Gasteiger partial charge in [0.05, 0.1) is 0 Å². The summed E-state index contributed by atoms with van der Waals surface area (Å²) in [5.74, 6) is 0. The van der Waals surface area contributed by atoms with Gasteiger partial charge in [-0.3, -0.25) is 0 Å². The van der Waals surface area contributed by atoms with Crippen molar-refractivity contribution in [2.24, 2.45) is 0 Å². The summed E-state index contributed by atoms with van der Waals surface area (Å²) >= 11 is 1.22. The summed E-state index contributed by atoms with van der Waals surface area (Å²) in [4.78, 5) is 0. The van der Waals surface area contributed by atoms with Crippen LogP contribution in [0, 0.1) is 0 Å². The molecule has 0 aromatic heterocycles. The van der Waals surface area contributed by atoms with Gasteiger partial charge in [-0.2, -0.15) is 0 Å². The zero-order chi connectivity index (χ0) is 7.40.